The number of carbonyl (C=O) groups is 4. The highest BCUT2D eigenvalue weighted by molar-refractivity contribution is 6.34. The molecule has 2 aliphatic rings. The molecule has 0 radical (unpaired) electrons. The lowest BCUT2D eigenvalue weighted by molar-refractivity contribution is -0.154. The molecule has 1 saturated heterocycles. The van der Waals surface area contributed by atoms with E-state index in [1.54, 1.807) is 12.1 Å². The van der Waals surface area contributed by atoms with Crippen LogP contribution >= 0.6 is 11.6 Å². The van der Waals surface area contributed by atoms with Crippen molar-refractivity contribution in [1.29, 1.82) is 0 Å². The molecular weight excluding hydrogens is 435 g/mol. The van der Waals surface area contributed by atoms with Crippen molar-refractivity contribution in [3.63, 3.8) is 0 Å². The third kappa shape index (κ3) is 3.84. The van der Waals surface area contributed by atoms with E-state index in [0.717, 1.165) is 22.2 Å². The second-order valence-electron chi connectivity index (χ2n) is 7.92. The summed E-state index contributed by atoms with van der Waals surface area (Å²) in [4.78, 5) is 52.8. The van der Waals surface area contributed by atoms with Gasteiger partial charge in [-0.2, -0.15) is 5.01 Å². The van der Waals surface area contributed by atoms with Gasteiger partial charge in [0, 0.05) is 5.56 Å². The number of carbonyl (C=O) groups excluding carboxylic acids is 4. The van der Waals surface area contributed by atoms with Crippen molar-refractivity contribution < 1.29 is 23.6 Å². The Morgan fingerprint density at radius 1 is 1.09 bits per heavy atom. The van der Waals surface area contributed by atoms with Gasteiger partial charge in [0.2, 0.25) is 0 Å². The molecule has 0 saturated carbocycles. The summed E-state index contributed by atoms with van der Waals surface area (Å²) in [6.07, 6.45) is 4.11. The molecule has 164 valence electrons. The highest BCUT2D eigenvalue weighted by atomic mass is 35.5. The molecule has 3 amide bonds. The first kappa shape index (κ1) is 21.9. The minimum atomic E-state index is -0.743. The number of hydrazine groups is 1. The zero-order chi connectivity index (χ0) is 23.0. The summed E-state index contributed by atoms with van der Waals surface area (Å²) < 4.78 is 13.3. The molecule has 2 aromatic carbocycles. The number of imide groups is 1. The van der Waals surface area contributed by atoms with Gasteiger partial charge in [-0.25, -0.2) is 9.40 Å². The van der Waals surface area contributed by atoms with Crippen molar-refractivity contribution in [1.82, 2.24) is 10.0 Å². The summed E-state index contributed by atoms with van der Waals surface area (Å²) in [5.41, 5.74) is 0.206. The van der Waals surface area contributed by atoms with Crippen LogP contribution in [-0.4, -0.2) is 40.1 Å². The number of halogens is 2. The van der Waals surface area contributed by atoms with Crippen LogP contribution in [0.1, 0.15) is 34.1 Å². The van der Waals surface area contributed by atoms with Gasteiger partial charge in [-0.05, 0) is 48.7 Å². The van der Waals surface area contributed by atoms with Gasteiger partial charge < -0.3 is 0 Å². The van der Waals surface area contributed by atoms with E-state index in [4.69, 9.17) is 11.6 Å². The summed E-state index contributed by atoms with van der Waals surface area (Å²) in [5, 5.41) is 1.79. The molecule has 2 aromatic rings. The number of nitrogens with zero attached hydrogens (tertiary/aromatic N) is 2. The molecule has 0 spiro atoms. The van der Waals surface area contributed by atoms with E-state index >= 15 is 0 Å². The molecule has 0 unspecified atom stereocenters. The molecule has 8 heteroatoms. The van der Waals surface area contributed by atoms with Crippen molar-refractivity contribution >= 4 is 35.1 Å². The first-order chi connectivity index (χ1) is 15.3. The average molecular weight is 455 g/mol. The van der Waals surface area contributed by atoms with Crippen LogP contribution in [0.3, 0.4) is 0 Å². The maximum Gasteiger partial charge on any atom is 0.274 e. The largest absolute Gasteiger partial charge is 0.292 e. The number of Topliss-reactive ketones (excluding diaryl/α,β-unsaturated/α-hetero) is 1. The van der Waals surface area contributed by atoms with Gasteiger partial charge in [-0.1, -0.05) is 42.8 Å². The summed E-state index contributed by atoms with van der Waals surface area (Å²) in [5.74, 6) is -4.23. The van der Waals surface area contributed by atoms with Crippen LogP contribution in [0.15, 0.2) is 60.7 Å². The predicted molar refractivity (Wildman–Crippen MR) is 115 cm³/mol. The Hall–Kier alpha value is -3.32. The van der Waals surface area contributed by atoms with Crippen molar-refractivity contribution in [3.05, 3.63) is 82.6 Å². The molecule has 1 aliphatic carbocycles. The monoisotopic (exact) mass is 454 g/mol. The van der Waals surface area contributed by atoms with E-state index in [9.17, 15) is 23.6 Å². The second kappa shape index (κ2) is 8.67. The fraction of sp³-hybridized carbons (Fsp3) is 0.250. The van der Waals surface area contributed by atoms with E-state index in [2.05, 4.69) is 0 Å². The first-order valence-electron chi connectivity index (χ1n) is 10.2. The highest BCUT2D eigenvalue weighted by Crippen LogP contribution is 2.39. The zero-order valence-corrected chi connectivity index (χ0v) is 18.0. The number of benzene rings is 2. The smallest absolute Gasteiger partial charge is 0.274 e. The standard InChI is InChI=1S/C24H20ClFN2O4/c1-14-5-4-7-18-21(14)24(32)28(23(18)31)27(22(30)17-6-2-3-8-19(17)25)13-20(29)15-9-11-16(26)12-10-15/h2-6,8-12,14,18,21H,7,13H2,1H3/t14-,18-,21+/m1/s1. The van der Waals surface area contributed by atoms with Crippen LogP contribution < -0.4 is 0 Å². The fourth-order valence-electron chi connectivity index (χ4n) is 4.24. The molecule has 1 heterocycles. The van der Waals surface area contributed by atoms with Gasteiger partial charge in [-0.15, -0.1) is 0 Å². The molecule has 32 heavy (non-hydrogen) atoms. The van der Waals surface area contributed by atoms with Crippen LogP contribution in [0.4, 0.5) is 4.39 Å². The zero-order valence-electron chi connectivity index (χ0n) is 17.2. The van der Waals surface area contributed by atoms with Gasteiger partial charge in [0.05, 0.1) is 22.4 Å². The van der Waals surface area contributed by atoms with Gasteiger partial charge in [-0.3, -0.25) is 19.2 Å². The van der Waals surface area contributed by atoms with E-state index in [-0.39, 0.29) is 22.1 Å². The normalized spacial score (nSPS) is 22.1. The van der Waals surface area contributed by atoms with Crippen LogP contribution in [0, 0.1) is 23.6 Å². The Bertz CT molecular complexity index is 1130. The van der Waals surface area contributed by atoms with Crippen molar-refractivity contribution in [2.45, 2.75) is 13.3 Å². The average Bonchev–Trinajstić information content (AvgIpc) is 3.03. The summed E-state index contributed by atoms with van der Waals surface area (Å²) in [6.45, 7) is 1.26. The summed E-state index contributed by atoms with van der Waals surface area (Å²) >= 11 is 6.19. The number of allylic oxidation sites excluding steroid dienone is 2. The molecule has 6 nitrogen and oxygen atoms in total. The number of rotatable bonds is 5. The Morgan fingerprint density at radius 2 is 1.78 bits per heavy atom. The maximum atomic E-state index is 13.4. The molecule has 0 bridgehead atoms. The Labute approximate surface area is 189 Å². The van der Waals surface area contributed by atoms with Gasteiger partial charge in [0.25, 0.3) is 17.7 Å². The lowest BCUT2D eigenvalue weighted by atomic mass is 9.78. The predicted octanol–water partition coefficient (Wildman–Crippen LogP) is 3.92. The van der Waals surface area contributed by atoms with Crippen LogP contribution in [0.2, 0.25) is 5.02 Å². The molecule has 0 N–H and O–H groups in total. The first-order valence-corrected chi connectivity index (χ1v) is 10.6. The van der Waals surface area contributed by atoms with E-state index in [1.807, 2.05) is 19.1 Å². The third-order valence-corrected chi connectivity index (χ3v) is 6.22. The number of hydrogen-bond donors (Lipinski definition) is 0. The Balaban J connectivity index is 1.72. The molecule has 0 aromatic heterocycles. The Kier molecular flexibility index (Phi) is 5.93. The number of amides is 3. The van der Waals surface area contributed by atoms with Gasteiger partial charge in [0.15, 0.2) is 5.78 Å². The number of hydrogen-bond acceptors (Lipinski definition) is 4. The number of fused-ring (bicyclic) bond motifs is 1. The molecule has 1 aliphatic heterocycles. The second-order valence-corrected chi connectivity index (χ2v) is 8.32. The molecular formula is C24H20ClFN2O4. The lowest BCUT2D eigenvalue weighted by Gasteiger charge is -2.30. The fourth-order valence-corrected chi connectivity index (χ4v) is 4.46. The van der Waals surface area contributed by atoms with E-state index in [1.165, 1.54) is 24.3 Å². The topological polar surface area (TPSA) is 74.8 Å². The maximum absolute atomic E-state index is 13.4. The quantitative estimate of drug-likeness (QED) is 0.390. The Morgan fingerprint density at radius 3 is 2.44 bits per heavy atom. The number of ketones is 1. The van der Waals surface area contributed by atoms with Gasteiger partial charge in [0.1, 0.15) is 12.4 Å². The van der Waals surface area contributed by atoms with Crippen LogP contribution in [0.25, 0.3) is 0 Å². The molecule has 3 atom stereocenters. The third-order valence-electron chi connectivity index (χ3n) is 5.89. The minimum Gasteiger partial charge on any atom is -0.292 e. The van der Waals surface area contributed by atoms with E-state index < -0.39 is 47.7 Å². The van der Waals surface area contributed by atoms with Crippen molar-refractivity contribution in [3.8, 4) is 0 Å². The summed E-state index contributed by atoms with van der Waals surface area (Å²) in [7, 11) is 0. The van der Waals surface area contributed by atoms with Crippen molar-refractivity contribution in [2.24, 2.45) is 17.8 Å². The van der Waals surface area contributed by atoms with E-state index in [0.29, 0.717) is 6.42 Å². The van der Waals surface area contributed by atoms with Crippen molar-refractivity contribution in [2.75, 3.05) is 6.54 Å². The highest BCUT2D eigenvalue weighted by Gasteiger charge is 2.53. The molecule has 1 fully saturated rings. The minimum absolute atomic E-state index is 0.0581. The van der Waals surface area contributed by atoms with Crippen LogP contribution in [-0.2, 0) is 9.59 Å². The lowest BCUT2D eigenvalue weighted by Crippen LogP contribution is -2.52. The van der Waals surface area contributed by atoms with Gasteiger partial charge >= 0.3 is 0 Å². The van der Waals surface area contributed by atoms with Crippen LogP contribution in [0.5, 0.6) is 0 Å². The molecule has 4 rings (SSSR count). The SMILES string of the molecule is C[C@@H]1C=CC[C@H]2C(=O)N(N(CC(=O)c3ccc(F)cc3)C(=O)c3ccccc3Cl)C(=O)[C@@H]12. The summed E-state index contributed by atoms with van der Waals surface area (Å²) in [6, 6.07) is 11.0.